The Kier molecular flexibility index (Phi) is 2.28. The molecule has 3 heteroatoms. The van der Waals surface area contributed by atoms with Crippen LogP contribution in [0.1, 0.15) is 26.7 Å². The Morgan fingerprint density at radius 1 is 1.31 bits per heavy atom. The summed E-state index contributed by atoms with van der Waals surface area (Å²) < 4.78 is 10.9. The van der Waals surface area contributed by atoms with E-state index in [0.717, 1.165) is 12.8 Å². The van der Waals surface area contributed by atoms with Gasteiger partial charge in [-0.3, -0.25) is 4.79 Å². The molecule has 2 rings (SSSR count). The summed E-state index contributed by atoms with van der Waals surface area (Å²) in [6.45, 7) is 4.60. The number of carbonyl (C=O) groups excluding carboxylic acids is 1. The predicted molar refractivity (Wildman–Crippen MR) is 47.2 cm³/mol. The van der Waals surface area contributed by atoms with Crippen molar-refractivity contribution in [3.8, 4) is 0 Å². The molecule has 13 heavy (non-hydrogen) atoms. The zero-order chi connectivity index (χ0) is 9.42. The van der Waals surface area contributed by atoms with E-state index in [4.69, 9.17) is 9.47 Å². The molecule has 2 bridgehead atoms. The molecule has 0 aromatic rings. The van der Waals surface area contributed by atoms with E-state index in [9.17, 15) is 4.79 Å². The summed E-state index contributed by atoms with van der Waals surface area (Å²) in [6, 6.07) is 0. The summed E-state index contributed by atoms with van der Waals surface area (Å²) in [5.74, 6) is 0.382. The van der Waals surface area contributed by atoms with Crippen molar-refractivity contribution in [3.05, 3.63) is 0 Å². The first-order valence-electron chi connectivity index (χ1n) is 5.00. The zero-order valence-electron chi connectivity index (χ0n) is 8.16. The van der Waals surface area contributed by atoms with Gasteiger partial charge < -0.3 is 9.47 Å². The van der Waals surface area contributed by atoms with Gasteiger partial charge in [0.2, 0.25) is 0 Å². The number of esters is 1. The number of ether oxygens (including phenoxy) is 2. The molecule has 0 saturated carbocycles. The third kappa shape index (κ3) is 1.57. The normalized spacial score (nSPS) is 45.2. The maximum atomic E-state index is 11.4. The molecule has 2 saturated heterocycles. The van der Waals surface area contributed by atoms with Gasteiger partial charge in [-0.2, -0.15) is 0 Å². The first-order valence-corrected chi connectivity index (χ1v) is 5.00. The van der Waals surface area contributed by atoms with E-state index >= 15 is 0 Å². The van der Waals surface area contributed by atoms with E-state index < -0.39 is 0 Å². The van der Waals surface area contributed by atoms with E-state index in [-0.39, 0.29) is 18.0 Å². The van der Waals surface area contributed by atoms with E-state index in [0.29, 0.717) is 18.6 Å². The first-order chi connectivity index (χ1) is 6.18. The second-order valence-electron chi connectivity index (χ2n) is 4.17. The fraction of sp³-hybridized carbons (Fsp3) is 0.900. The highest BCUT2D eigenvalue weighted by atomic mass is 16.6. The molecular weight excluding hydrogens is 168 g/mol. The van der Waals surface area contributed by atoms with Crippen LogP contribution >= 0.6 is 0 Å². The van der Waals surface area contributed by atoms with Crippen LogP contribution in [0, 0.1) is 11.8 Å². The van der Waals surface area contributed by atoms with Crippen LogP contribution in [0.5, 0.6) is 0 Å². The van der Waals surface area contributed by atoms with Crippen molar-refractivity contribution in [1.29, 1.82) is 0 Å². The number of hydrogen-bond acceptors (Lipinski definition) is 3. The highest BCUT2D eigenvalue weighted by Gasteiger charge is 2.39. The van der Waals surface area contributed by atoms with Gasteiger partial charge in [-0.15, -0.1) is 0 Å². The maximum absolute atomic E-state index is 11.4. The monoisotopic (exact) mass is 184 g/mol. The lowest BCUT2D eigenvalue weighted by Crippen LogP contribution is -2.31. The lowest BCUT2D eigenvalue weighted by Gasteiger charge is -2.22. The van der Waals surface area contributed by atoms with Crippen LogP contribution in [0.2, 0.25) is 0 Å². The Morgan fingerprint density at radius 2 is 2.08 bits per heavy atom. The van der Waals surface area contributed by atoms with E-state index in [2.05, 4.69) is 6.92 Å². The summed E-state index contributed by atoms with van der Waals surface area (Å²) in [4.78, 5) is 11.4. The number of fused-ring (bicyclic) bond motifs is 2. The SMILES string of the molecule is CC1CC2OC1CCOC(=O)C2C. The number of hydrogen-bond donors (Lipinski definition) is 0. The molecule has 2 aliphatic heterocycles. The molecular formula is C10H16O3. The lowest BCUT2D eigenvalue weighted by atomic mass is 9.95. The second-order valence-corrected chi connectivity index (χ2v) is 4.17. The highest BCUT2D eigenvalue weighted by molar-refractivity contribution is 5.72. The van der Waals surface area contributed by atoms with E-state index in [1.165, 1.54) is 0 Å². The molecule has 3 nitrogen and oxygen atoms in total. The van der Waals surface area contributed by atoms with Crippen molar-refractivity contribution in [2.45, 2.75) is 38.9 Å². The number of carbonyl (C=O) groups is 1. The minimum Gasteiger partial charge on any atom is -0.465 e. The summed E-state index contributed by atoms with van der Waals surface area (Å²) in [7, 11) is 0. The van der Waals surface area contributed by atoms with Gasteiger partial charge in [-0.1, -0.05) is 6.92 Å². The van der Waals surface area contributed by atoms with Gasteiger partial charge in [0, 0.05) is 6.42 Å². The van der Waals surface area contributed by atoms with Crippen molar-refractivity contribution < 1.29 is 14.3 Å². The van der Waals surface area contributed by atoms with Crippen LogP contribution in [0.25, 0.3) is 0 Å². The average Bonchev–Trinajstić information content (AvgIpc) is 2.46. The molecule has 2 fully saturated rings. The van der Waals surface area contributed by atoms with E-state index in [1.54, 1.807) is 0 Å². The van der Waals surface area contributed by atoms with Gasteiger partial charge in [-0.05, 0) is 19.3 Å². The van der Waals surface area contributed by atoms with Gasteiger partial charge >= 0.3 is 5.97 Å². The fourth-order valence-electron chi connectivity index (χ4n) is 2.17. The predicted octanol–water partition coefficient (Wildman–Crippen LogP) is 1.36. The minimum absolute atomic E-state index is 0.0900. The summed E-state index contributed by atoms with van der Waals surface area (Å²) >= 11 is 0. The van der Waals surface area contributed by atoms with Gasteiger partial charge in [0.1, 0.15) is 0 Å². The Labute approximate surface area is 78.4 Å². The molecule has 2 heterocycles. The van der Waals surface area contributed by atoms with Crippen molar-refractivity contribution in [1.82, 2.24) is 0 Å². The average molecular weight is 184 g/mol. The quantitative estimate of drug-likeness (QED) is 0.533. The van der Waals surface area contributed by atoms with Gasteiger partial charge in [0.25, 0.3) is 0 Å². The molecule has 4 atom stereocenters. The molecule has 0 aromatic carbocycles. The molecule has 0 aromatic heterocycles. The molecule has 0 aliphatic carbocycles. The van der Waals surface area contributed by atoms with Crippen LogP contribution in [0.3, 0.4) is 0 Å². The third-order valence-electron chi connectivity index (χ3n) is 3.16. The van der Waals surface area contributed by atoms with Crippen LogP contribution < -0.4 is 0 Å². The number of rotatable bonds is 0. The molecule has 0 radical (unpaired) electrons. The van der Waals surface area contributed by atoms with E-state index in [1.807, 2.05) is 6.92 Å². The Bertz CT molecular complexity index is 214. The Balaban J connectivity index is 2.12. The fourth-order valence-corrected chi connectivity index (χ4v) is 2.17. The maximum Gasteiger partial charge on any atom is 0.311 e. The Morgan fingerprint density at radius 3 is 2.85 bits per heavy atom. The van der Waals surface area contributed by atoms with Gasteiger partial charge in [0.05, 0.1) is 24.7 Å². The largest absolute Gasteiger partial charge is 0.465 e. The third-order valence-corrected chi connectivity index (χ3v) is 3.16. The van der Waals surface area contributed by atoms with Crippen molar-refractivity contribution >= 4 is 5.97 Å². The summed E-state index contributed by atoms with van der Waals surface area (Å²) in [5, 5.41) is 0. The minimum atomic E-state index is -0.0995. The smallest absolute Gasteiger partial charge is 0.311 e. The molecule has 0 amide bonds. The highest BCUT2D eigenvalue weighted by Crippen LogP contribution is 2.34. The van der Waals surface area contributed by atoms with Crippen LogP contribution in [-0.4, -0.2) is 24.8 Å². The van der Waals surface area contributed by atoms with Gasteiger partial charge in [-0.25, -0.2) is 0 Å². The molecule has 0 N–H and O–H groups in total. The van der Waals surface area contributed by atoms with Crippen molar-refractivity contribution in [2.75, 3.05) is 6.61 Å². The van der Waals surface area contributed by atoms with Crippen LogP contribution in [-0.2, 0) is 14.3 Å². The topological polar surface area (TPSA) is 35.5 Å². The first kappa shape index (κ1) is 9.00. The summed E-state index contributed by atoms with van der Waals surface area (Å²) in [5.41, 5.74) is 0. The lowest BCUT2D eigenvalue weighted by molar-refractivity contribution is -0.158. The van der Waals surface area contributed by atoms with Crippen LogP contribution in [0.4, 0.5) is 0 Å². The Hall–Kier alpha value is -0.570. The molecule has 4 unspecified atom stereocenters. The van der Waals surface area contributed by atoms with Gasteiger partial charge in [0.15, 0.2) is 0 Å². The standard InChI is InChI=1S/C10H16O3/c1-6-5-9-7(2)10(11)12-4-3-8(6)13-9/h6-9H,3-5H2,1-2H3. The molecule has 2 aliphatic rings. The zero-order valence-corrected chi connectivity index (χ0v) is 8.16. The van der Waals surface area contributed by atoms with Crippen molar-refractivity contribution in [3.63, 3.8) is 0 Å². The second kappa shape index (κ2) is 3.29. The van der Waals surface area contributed by atoms with Crippen LogP contribution in [0.15, 0.2) is 0 Å². The van der Waals surface area contributed by atoms with Crippen molar-refractivity contribution in [2.24, 2.45) is 11.8 Å². The summed E-state index contributed by atoms with van der Waals surface area (Å²) in [6.07, 6.45) is 2.25. The number of cyclic esters (lactones) is 1. The molecule has 0 spiro atoms. The molecule has 74 valence electrons.